The van der Waals surface area contributed by atoms with Crippen LogP contribution in [0.15, 0.2) is 22.7 Å². The van der Waals surface area contributed by atoms with Gasteiger partial charge in [0.1, 0.15) is 0 Å². The summed E-state index contributed by atoms with van der Waals surface area (Å²) in [6.07, 6.45) is 1.47. The van der Waals surface area contributed by atoms with Crippen molar-refractivity contribution >= 4 is 23.8 Å². The maximum atomic E-state index is 11.6. The Morgan fingerprint density at radius 3 is 2.67 bits per heavy atom. The van der Waals surface area contributed by atoms with Crippen molar-refractivity contribution in [3.8, 4) is 22.2 Å². The summed E-state index contributed by atoms with van der Waals surface area (Å²) >= 11 is 1.69. The molecule has 0 aliphatic rings. The second-order valence-electron chi connectivity index (χ2n) is 8.52. The van der Waals surface area contributed by atoms with Crippen LogP contribution in [0.5, 0.6) is 0 Å². The monoisotopic (exact) mass is 469 g/mol. The molecule has 0 bridgehead atoms. The fraction of sp³-hybridized carbons (Fsp3) is 0.440. The number of benzene rings is 1. The molecule has 0 unspecified atom stereocenters. The minimum absolute atomic E-state index is 0.157. The number of carbonyl (C=O) groups excluding carboxylic acids is 2. The van der Waals surface area contributed by atoms with Gasteiger partial charge in [0.05, 0.1) is 11.3 Å². The number of nitrogens with zero attached hydrogens (tertiary/aromatic N) is 3. The largest absolute Gasteiger partial charge is 0.395 e. The maximum absolute atomic E-state index is 11.6. The SMILES string of the molecule is CCc1cc(-c2noc(-c3cc(C)c(CN(C)C(C)C)s3)n2)cc(C)c1CCC(=O)OC=O. The number of aromatic nitrogens is 2. The highest BCUT2D eigenvalue weighted by molar-refractivity contribution is 7.15. The average Bonchev–Trinajstić information content (AvgIpc) is 3.39. The maximum Gasteiger partial charge on any atom is 0.313 e. The van der Waals surface area contributed by atoms with Gasteiger partial charge in [0.2, 0.25) is 5.82 Å². The molecule has 0 radical (unpaired) electrons. The summed E-state index contributed by atoms with van der Waals surface area (Å²) in [5.74, 6) is 0.540. The van der Waals surface area contributed by atoms with E-state index in [0.717, 1.165) is 40.1 Å². The van der Waals surface area contributed by atoms with Crippen LogP contribution in [0.3, 0.4) is 0 Å². The third-order valence-corrected chi connectivity index (χ3v) is 7.10. The summed E-state index contributed by atoms with van der Waals surface area (Å²) in [5.41, 5.74) is 5.35. The Kier molecular flexibility index (Phi) is 8.15. The quantitative estimate of drug-likeness (QED) is 0.231. The van der Waals surface area contributed by atoms with Crippen molar-refractivity contribution in [3.05, 3.63) is 45.3 Å². The lowest BCUT2D eigenvalue weighted by molar-refractivity contribution is -0.151. The molecule has 3 rings (SSSR count). The van der Waals surface area contributed by atoms with E-state index in [2.05, 4.69) is 60.6 Å². The first kappa shape index (κ1) is 24.8. The third kappa shape index (κ3) is 5.94. The molecule has 8 heteroatoms. The highest BCUT2D eigenvalue weighted by Crippen LogP contribution is 2.33. The van der Waals surface area contributed by atoms with Crippen molar-refractivity contribution in [2.75, 3.05) is 7.05 Å². The molecule has 0 N–H and O–H groups in total. The van der Waals surface area contributed by atoms with Gasteiger partial charge in [0.25, 0.3) is 5.89 Å². The minimum atomic E-state index is -0.525. The van der Waals surface area contributed by atoms with E-state index < -0.39 is 5.97 Å². The molecule has 0 spiro atoms. The number of hydrogen-bond donors (Lipinski definition) is 0. The van der Waals surface area contributed by atoms with Crippen molar-refractivity contribution < 1.29 is 18.8 Å². The predicted molar refractivity (Wildman–Crippen MR) is 129 cm³/mol. The second-order valence-corrected chi connectivity index (χ2v) is 9.66. The lowest BCUT2D eigenvalue weighted by atomic mass is 9.93. The molecule has 0 aliphatic carbocycles. The van der Waals surface area contributed by atoms with Crippen molar-refractivity contribution in [2.24, 2.45) is 0 Å². The molecule has 0 fully saturated rings. The van der Waals surface area contributed by atoms with Crippen LogP contribution in [0.2, 0.25) is 0 Å². The van der Waals surface area contributed by atoms with E-state index in [9.17, 15) is 9.59 Å². The van der Waals surface area contributed by atoms with Gasteiger partial charge < -0.3 is 9.26 Å². The van der Waals surface area contributed by atoms with Gasteiger partial charge in [-0.15, -0.1) is 11.3 Å². The molecule has 2 heterocycles. The van der Waals surface area contributed by atoms with Crippen LogP contribution in [-0.4, -0.2) is 40.6 Å². The van der Waals surface area contributed by atoms with Crippen LogP contribution in [0.1, 0.15) is 54.3 Å². The Bertz CT molecular complexity index is 1130. The molecule has 1 aromatic carbocycles. The molecule has 33 heavy (non-hydrogen) atoms. The summed E-state index contributed by atoms with van der Waals surface area (Å²) < 4.78 is 10.0. The predicted octanol–water partition coefficient (Wildman–Crippen LogP) is 5.12. The molecule has 7 nitrogen and oxygen atoms in total. The first-order valence-corrected chi connectivity index (χ1v) is 11.9. The molecule has 2 aromatic heterocycles. The molecular weight excluding hydrogens is 438 g/mol. The van der Waals surface area contributed by atoms with E-state index in [1.165, 1.54) is 10.4 Å². The molecule has 0 amide bonds. The van der Waals surface area contributed by atoms with E-state index in [1.54, 1.807) is 11.3 Å². The van der Waals surface area contributed by atoms with Crippen molar-refractivity contribution in [1.82, 2.24) is 15.0 Å². The zero-order valence-electron chi connectivity index (χ0n) is 20.1. The van der Waals surface area contributed by atoms with Gasteiger partial charge in [-0.2, -0.15) is 4.98 Å². The van der Waals surface area contributed by atoms with Gasteiger partial charge in [0.15, 0.2) is 0 Å². The van der Waals surface area contributed by atoms with Crippen molar-refractivity contribution in [3.63, 3.8) is 0 Å². The zero-order chi connectivity index (χ0) is 24.1. The Balaban J connectivity index is 1.83. The lowest BCUT2D eigenvalue weighted by Gasteiger charge is -2.20. The highest BCUT2D eigenvalue weighted by Gasteiger charge is 2.18. The summed E-state index contributed by atoms with van der Waals surface area (Å²) in [6, 6.07) is 6.64. The number of ether oxygens (including phenoxy) is 1. The van der Waals surface area contributed by atoms with Crippen LogP contribution in [-0.2, 0) is 33.7 Å². The molecule has 0 saturated carbocycles. The molecule has 0 saturated heterocycles. The summed E-state index contributed by atoms with van der Waals surface area (Å²) in [6.45, 7) is 11.6. The minimum Gasteiger partial charge on any atom is -0.395 e. The van der Waals surface area contributed by atoms with Gasteiger partial charge in [-0.1, -0.05) is 12.1 Å². The number of aryl methyl sites for hydroxylation is 3. The van der Waals surface area contributed by atoms with Crippen LogP contribution in [0.25, 0.3) is 22.2 Å². The standard InChI is InChI=1S/C25H31N3O4S/c1-7-18-12-19(10-16(4)20(18)8-9-23(30)31-14-29)24-26-25(32-27-24)21-11-17(5)22(33-21)13-28(6)15(2)3/h10-12,14-15H,7-9,13H2,1-6H3. The normalized spacial score (nSPS) is 11.4. The Labute approximate surface area is 198 Å². The van der Waals surface area contributed by atoms with Crippen LogP contribution in [0, 0.1) is 13.8 Å². The van der Waals surface area contributed by atoms with E-state index in [4.69, 9.17) is 4.52 Å². The number of rotatable bonds is 10. The fourth-order valence-electron chi connectivity index (χ4n) is 3.66. The summed E-state index contributed by atoms with van der Waals surface area (Å²) in [5, 5.41) is 4.23. The molecule has 176 valence electrons. The zero-order valence-corrected chi connectivity index (χ0v) is 20.9. The van der Waals surface area contributed by atoms with Crippen LogP contribution >= 0.6 is 11.3 Å². The summed E-state index contributed by atoms with van der Waals surface area (Å²) in [7, 11) is 2.12. The van der Waals surface area contributed by atoms with E-state index >= 15 is 0 Å². The van der Waals surface area contributed by atoms with Crippen molar-refractivity contribution in [2.45, 2.75) is 66.5 Å². The van der Waals surface area contributed by atoms with Gasteiger partial charge >= 0.3 is 12.4 Å². The Morgan fingerprint density at radius 2 is 2.00 bits per heavy atom. The van der Waals surface area contributed by atoms with Gasteiger partial charge in [0, 0.05) is 23.0 Å². The van der Waals surface area contributed by atoms with Crippen molar-refractivity contribution in [1.29, 1.82) is 0 Å². The first-order valence-electron chi connectivity index (χ1n) is 11.1. The van der Waals surface area contributed by atoms with Gasteiger partial charge in [-0.25, -0.2) is 0 Å². The van der Waals surface area contributed by atoms with Gasteiger partial charge in [-0.3, -0.25) is 14.5 Å². The van der Waals surface area contributed by atoms with Crippen LogP contribution in [0.4, 0.5) is 0 Å². The first-order chi connectivity index (χ1) is 15.7. The lowest BCUT2D eigenvalue weighted by Crippen LogP contribution is -2.25. The topological polar surface area (TPSA) is 85.5 Å². The molecule has 0 aliphatic heterocycles. The second kappa shape index (κ2) is 10.9. The fourth-order valence-corrected chi connectivity index (χ4v) is 4.82. The Morgan fingerprint density at radius 1 is 1.24 bits per heavy atom. The van der Waals surface area contributed by atoms with E-state index in [-0.39, 0.29) is 12.9 Å². The van der Waals surface area contributed by atoms with E-state index in [0.29, 0.717) is 24.2 Å². The molecule has 0 atom stereocenters. The molecular formula is C25H31N3O4S. The third-order valence-electron chi connectivity index (χ3n) is 5.90. The number of carbonyl (C=O) groups is 2. The Hall–Kier alpha value is -2.84. The smallest absolute Gasteiger partial charge is 0.313 e. The average molecular weight is 470 g/mol. The molecule has 3 aromatic rings. The summed E-state index contributed by atoms with van der Waals surface area (Å²) in [4.78, 5) is 31.2. The number of esters is 1. The highest BCUT2D eigenvalue weighted by atomic mass is 32.1. The van der Waals surface area contributed by atoms with E-state index in [1.807, 2.05) is 19.1 Å². The van der Waals surface area contributed by atoms with Gasteiger partial charge in [-0.05, 0) is 88.0 Å². The van der Waals surface area contributed by atoms with Crippen LogP contribution < -0.4 is 0 Å². The number of hydrogen-bond acceptors (Lipinski definition) is 8. The number of thiophene rings is 1.